The maximum atomic E-state index is 13.1. The van der Waals surface area contributed by atoms with Crippen LogP contribution in [-0.2, 0) is 63.5 Å². The van der Waals surface area contributed by atoms with Gasteiger partial charge in [-0.3, -0.25) is 14.4 Å². The molecule has 3 saturated carbocycles. The van der Waals surface area contributed by atoms with E-state index in [2.05, 4.69) is 128 Å². The minimum Gasteiger partial charge on any atom is -0.478 e. The summed E-state index contributed by atoms with van der Waals surface area (Å²) in [6, 6.07) is 60.3. The molecule has 10 aromatic rings. The van der Waals surface area contributed by atoms with E-state index in [1.807, 2.05) is 146 Å². The molecule has 30 nitrogen and oxygen atoms in total. The summed E-state index contributed by atoms with van der Waals surface area (Å²) >= 11 is 0. The number of aromatic nitrogens is 16. The van der Waals surface area contributed by atoms with Crippen molar-refractivity contribution in [2.24, 2.45) is 0 Å². The lowest BCUT2D eigenvalue weighted by Crippen LogP contribution is -2.40. The molecule has 3 aliphatic rings. The van der Waals surface area contributed by atoms with Crippen LogP contribution in [0, 0.1) is 0 Å². The Kier molecular flexibility index (Phi) is 35.8. The largest absolute Gasteiger partial charge is 0.478 e. The summed E-state index contributed by atoms with van der Waals surface area (Å²) in [6.45, 7) is 17.3. The van der Waals surface area contributed by atoms with E-state index >= 15 is 0 Å². The zero-order valence-corrected chi connectivity index (χ0v) is 68.0. The van der Waals surface area contributed by atoms with E-state index in [9.17, 15) is 33.9 Å². The third-order valence-electron chi connectivity index (χ3n) is 20.5. The molecule has 0 spiro atoms. The normalized spacial score (nSPS) is 15.3. The number of carboxylic acid groups (broad SMARTS) is 1. The van der Waals surface area contributed by atoms with Gasteiger partial charge in [0.15, 0.2) is 23.9 Å². The molecule has 0 bridgehead atoms. The number of aliphatic carboxylic acids is 1. The van der Waals surface area contributed by atoms with Crippen LogP contribution in [0.2, 0.25) is 0 Å². The first-order valence-corrected chi connectivity index (χ1v) is 40.7. The second kappa shape index (κ2) is 47.1. The highest BCUT2D eigenvalue weighted by Crippen LogP contribution is 2.44. The number of hydrogen-bond acceptors (Lipinski definition) is 25. The fraction of sp³-hybridized carbons (Fsp3) is 0.416. The highest BCUT2D eigenvalue weighted by Gasteiger charge is 2.44. The van der Waals surface area contributed by atoms with Crippen molar-refractivity contribution in [3.8, 4) is 0 Å². The smallest absolute Gasteiger partial charge is 0.334 e. The molecular formula is C89H108N16O14. The number of benzene rings is 6. The van der Waals surface area contributed by atoms with E-state index in [0.29, 0.717) is 17.5 Å². The maximum Gasteiger partial charge on any atom is 0.334 e. The number of aliphatic hydroxyl groups is 2. The van der Waals surface area contributed by atoms with Crippen molar-refractivity contribution in [3.05, 3.63) is 275 Å². The van der Waals surface area contributed by atoms with E-state index in [-0.39, 0.29) is 60.1 Å². The highest BCUT2D eigenvalue weighted by atomic mass is 16.6. The molecule has 119 heavy (non-hydrogen) atoms. The zero-order valence-electron chi connectivity index (χ0n) is 68.0. The van der Waals surface area contributed by atoms with Crippen LogP contribution in [0.15, 0.2) is 218 Å². The standard InChI is InChI=1S/C35H38N4O4.C22H20N4O.C16H24N4O4.C13H20O4.C3H6N4O/c1-26(25-32(40)43-31-23-15-4-3-5-16-24-31)34(41)42-27(2)33-36-37-38-39(33)35(28-17-9-6-10-18-28,29-19-11-7-12-20-29)30-21-13-8-14-22-30;1-17(27)21-23-24-25-26(21)22(18-11-5-2-6-12-18,19-13-7-3-8-14-19)20-15-9-4-10-16-20;1-11(16(22)23-12(2)15-17-19-20-18-15)10-14(21)24-13-8-6-4-3-5-7-9-13;1-10(13(15)16)9-12(14)17-11-7-5-3-2-4-6-8-11;1-2(8)3-4-6-7-5-3/h6-14,17-22,27,31H,1,3-5,15-16,23-25H2,2H3;2-17,27H,1H3;12-13H,1,3-10H2,2H3,(H,17,18,19,20);11H,1-9H2,(H,15,16);2,8H,1H3,(H,4,5,6,7). The number of aromatic amines is 2. The lowest BCUT2D eigenvalue weighted by molar-refractivity contribution is -0.152. The summed E-state index contributed by atoms with van der Waals surface area (Å²) in [5, 5.41) is 78.5. The van der Waals surface area contributed by atoms with Crippen LogP contribution in [0.4, 0.5) is 0 Å². The van der Waals surface area contributed by atoms with Crippen molar-refractivity contribution < 1.29 is 67.8 Å². The molecule has 4 unspecified atom stereocenters. The molecule has 0 radical (unpaired) electrons. The zero-order chi connectivity index (χ0) is 84.8. The van der Waals surface area contributed by atoms with Crippen molar-refractivity contribution in [2.45, 2.75) is 236 Å². The number of carbonyl (C=O) groups is 6. The Bertz CT molecular complexity index is 4530. The Balaban J connectivity index is 0.000000184. The summed E-state index contributed by atoms with van der Waals surface area (Å²) in [5.74, 6) is -2.53. The first kappa shape index (κ1) is 90.5. The van der Waals surface area contributed by atoms with Crippen LogP contribution in [0.5, 0.6) is 0 Å². The molecule has 0 saturated heterocycles. The van der Waals surface area contributed by atoms with Crippen molar-refractivity contribution in [3.63, 3.8) is 0 Å². The number of ether oxygens (including phenoxy) is 5. The number of esters is 5. The first-order valence-electron chi connectivity index (χ1n) is 40.7. The molecule has 3 fully saturated rings. The van der Waals surface area contributed by atoms with E-state index in [1.54, 1.807) is 37.1 Å². The molecule has 5 N–H and O–H groups in total. The number of carboxylic acids is 1. The summed E-state index contributed by atoms with van der Waals surface area (Å²) in [7, 11) is 0. The van der Waals surface area contributed by atoms with E-state index in [4.69, 9.17) is 33.9 Å². The second-order valence-electron chi connectivity index (χ2n) is 29.5. The van der Waals surface area contributed by atoms with Gasteiger partial charge < -0.3 is 39.0 Å². The quantitative estimate of drug-likeness (QED) is 0.0145. The SMILES string of the molecule is C=C(CC(=O)OC1CCCCCCC1)C(=O)O.C=C(CC(=O)OC1CCCCCCC1)C(=O)OC(C)c1nn[nH]n1.C=C(CC(=O)OC1CCCCCCC1)C(=O)OC(C)c1nnnn1C(c1ccccc1)(c1ccccc1)c1ccccc1.CC(O)c1nn[nH]n1.CC(O)c1nnnn1C(c1ccccc1)(c1ccccc1)c1ccccc1. The fourth-order valence-electron chi connectivity index (χ4n) is 14.5. The van der Waals surface area contributed by atoms with Gasteiger partial charge in [-0.1, -0.05) is 270 Å². The van der Waals surface area contributed by atoms with E-state index in [0.717, 1.165) is 123 Å². The maximum absolute atomic E-state index is 13.1. The van der Waals surface area contributed by atoms with Gasteiger partial charge in [-0.05, 0) is 159 Å². The van der Waals surface area contributed by atoms with Crippen molar-refractivity contribution in [2.75, 3.05) is 0 Å². The molecule has 13 rings (SSSR count). The molecule has 30 heteroatoms. The summed E-state index contributed by atoms with van der Waals surface area (Å²) in [5.41, 5.74) is 4.03. The summed E-state index contributed by atoms with van der Waals surface area (Å²) in [4.78, 5) is 71.8. The number of H-pyrrole nitrogens is 2. The molecule has 4 atom stereocenters. The predicted molar refractivity (Wildman–Crippen MR) is 439 cm³/mol. The average molecular weight is 1630 g/mol. The fourth-order valence-corrected chi connectivity index (χ4v) is 14.5. The predicted octanol–water partition coefficient (Wildman–Crippen LogP) is 14.6. The third-order valence-corrected chi connectivity index (χ3v) is 20.5. The van der Waals surface area contributed by atoms with Crippen LogP contribution in [0.1, 0.15) is 263 Å². The molecule has 6 aromatic carbocycles. The Morgan fingerprint density at radius 2 is 0.664 bits per heavy atom. The van der Waals surface area contributed by atoms with E-state index in [1.165, 1.54) is 44.9 Å². The van der Waals surface area contributed by atoms with Crippen LogP contribution in [0.3, 0.4) is 0 Å². The molecule has 0 aliphatic heterocycles. The van der Waals surface area contributed by atoms with Crippen LogP contribution < -0.4 is 0 Å². The topological polar surface area (TPSA) is 405 Å². The van der Waals surface area contributed by atoms with Crippen LogP contribution in [0.25, 0.3) is 0 Å². The van der Waals surface area contributed by atoms with Crippen molar-refractivity contribution in [1.29, 1.82) is 0 Å². The number of nitrogens with one attached hydrogen (secondary N) is 2. The number of aliphatic hydroxyl groups excluding tert-OH is 2. The summed E-state index contributed by atoms with van der Waals surface area (Å²) in [6.07, 6.45) is 18.7. The average Bonchev–Trinajstić information content (AvgIpc) is 1.73. The van der Waals surface area contributed by atoms with Gasteiger partial charge in [0, 0.05) is 16.7 Å². The number of nitrogens with zero attached hydrogens (tertiary/aromatic N) is 14. The van der Waals surface area contributed by atoms with Crippen molar-refractivity contribution >= 4 is 35.8 Å². The molecule has 4 heterocycles. The molecule has 0 amide bonds. The lowest BCUT2D eigenvalue weighted by Gasteiger charge is -2.36. The second-order valence-corrected chi connectivity index (χ2v) is 29.5. The Hall–Kier alpha value is -12.4. The molecule has 628 valence electrons. The lowest BCUT2D eigenvalue weighted by atomic mass is 9.77. The Labute approximate surface area is 692 Å². The monoisotopic (exact) mass is 1620 g/mol. The van der Waals surface area contributed by atoms with E-state index < -0.39 is 71.3 Å². The van der Waals surface area contributed by atoms with Gasteiger partial charge in [0.2, 0.25) is 11.6 Å². The highest BCUT2D eigenvalue weighted by molar-refractivity contribution is 5.94. The first-order chi connectivity index (χ1) is 57.7. The Morgan fingerprint density at radius 3 is 0.941 bits per heavy atom. The van der Waals surface area contributed by atoms with Gasteiger partial charge in [-0.15, -0.1) is 30.6 Å². The minimum atomic E-state index is -1.14. The molecular weight excluding hydrogens is 1520 g/mol. The van der Waals surface area contributed by atoms with Gasteiger partial charge >= 0.3 is 35.8 Å². The molecule has 3 aliphatic carbocycles. The van der Waals surface area contributed by atoms with Gasteiger partial charge in [0.25, 0.3) is 0 Å². The van der Waals surface area contributed by atoms with Gasteiger partial charge in [-0.2, -0.15) is 10.4 Å². The van der Waals surface area contributed by atoms with Gasteiger partial charge in [-0.25, -0.2) is 23.7 Å². The number of tetrazole rings is 4. The third kappa shape index (κ3) is 26.3. The number of hydrogen-bond donors (Lipinski definition) is 5. The van der Waals surface area contributed by atoms with Gasteiger partial charge in [0.05, 0.1) is 19.3 Å². The van der Waals surface area contributed by atoms with Crippen LogP contribution >= 0.6 is 0 Å². The van der Waals surface area contributed by atoms with Crippen LogP contribution in [-0.4, -0.2) is 151 Å². The van der Waals surface area contributed by atoms with Crippen molar-refractivity contribution in [1.82, 2.24) is 81.7 Å². The number of rotatable bonds is 26. The minimum absolute atomic E-state index is 0.0298. The Morgan fingerprint density at radius 1 is 0.387 bits per heavy atom. The summed E-state index contributed by atoms with van der Waals surface area (Å²) < 4.78 is 30.9. The molecule has 4 aromatic heterocycles. The van der Waals surface area contributed by atoms with Gasteiger partial charge in [0.1, 0.15) is 41.6 Å². The number of carbonyl (C=O) groups excluding carboxylic acids is 5.